The number of nitrogens with one attached hydrogen (secondary N) is 1. The van der Waals surface area contributed by atoms with Crippen molar-refractivity contribution < 1.29 is 0 Å². The topological polar surface area (TPSA) is 29.9 Å². The SMILES string of the molecule is Cc1ccc(-n2nc(-c3ccsc3)c3c2NCC3)cc1. The maximum Gasteiger partial charge on any atom is 0.133 e. The molecule has 0 unspecified atom stereocenters. The molecule has 1 aliphatic rings. The second kappa shape index (κ2) is 4.49. The Hall–Kier alpha value is -2.07. The molecule has 0 atom stereocenters. The molecule has 0 fully saturated rings. The third kappa shape index (κ3) is 1.76. The van der Waals surface area contributed by atoms with Gasteiger partial charge >= 0.3 is 0 Å². The first kappa shape index (κ1) is 11.7. The van der Waals surface area contributed by atoms with E-state index in [0.29, 0.717) is 0 Å². The summed E-state index contributed by atoms with van der Waals surface area (Å²) < 4.78 is 2.04. The van der Waals surface area contributed by atoms with Crippen LogP contribution in [0.3, 0.4) is 0 Å². The van der Waals surface area contributed by atoms with Crippen LogP contribution in [-0.2, 0) is 6.42 Å². The Balaban J connectivity index is 1.89. The highest BCUT2D eigenvalue weighted by Crippen LogP contribution is 2.35. The number of fused-ring (bicyclic) bond motifs is 1. The first-order valence-electron chi connectivity index (χ1n) is 6.78. The molecular formula is C16H15N3S. The van der Waals surface area contributed by atoms with Crippen LogP contribution in [0.5, 0.6) is 0 Å². The van der Waals surface area contributed by atoms with Gasteiger partial charge in [-0.2, -0.15) is 16.4 Å². The molecular weight excluding hydrogens is 266 g/mol. The minimum absolute atomic E-state index is 0.996. The quantitative estimate of drug-likeness (QED) is 0.772. The van der Waals surface area contributed by atoms with Gasteiger partial charge in [0.1, 0.15) is 5.82 Å². The van der Waals surface area contributed by atoms with Gasteiger partial charge in [0.25, 0.3) is 0 Å². The number of anilines is 1. The van der Waals surface area contributed by atoms with Gasteiger partial charge in [-0.25, -0.2) is 4.68 Å². The van der Waals surface area contributed by atoms with Gasteiger partial charge in [-0.15, -0.1) is 0 Å². The van der Waals surface area contributed by atoms with Gasteiger partial charge in [0.05, 0.1) is 11.4 Å². The lowest BCUT2D eigenvalue weighted by Gasteiger charge is -2.06. The van der Waals surface area contributed by atoms with E-state index in [2.05, 4.69) is 53.3 Å². The van der Waals surface area contributed by atoms with Crippen LogP contribution in [0.4, 0.5) is 5.82 Å². The molecule has 0 radical (unpaired) electrons. The normalized spacial score (nSPS) is 13.2. The van der Waals surface area contributed by atoms with Gasteiger partial charge < -0.3 is 5.32 Å². The minimum Gasteiger partial charge on any atom is -0.369 e. The number of rotatable bonds is 2. The molecule has 0 bridgehead atoms. The van der Waals surface area contributed by atoms with Gasteiger partial charge in [-0.05, 0) is 36.9 Å². The number of thiophene rings is 1. The predicted octanol–water partition coefficient (Wildman–Crippen LogP) is 3.88. The number of aryl methyl sites for hydroxylation is 1. The average Bonchev–Trinajstić information content (AvgIpc) is 3.16. The summed E-state index contributed by atoms with van der Waals surface area (Å²) in [5.74, 6) is 1.15. The molecule has 3 nitrogen and oxygen atoms in total. The van der Waals surface area contributed by atoms with E-state index in [1.807, 2.05) is 4.68 Å². The van der Waals surface area contributed by atoms with Crippen molar-refractivity contribution in [3.63, 3.8) is 0 Å². The molecule has 0 saturated heterocycles. The lowest BCUT2D eigenvalue weighted by Crippen LogP contribution is -2.04. The molecule has 3 aromatic rings. The van der Waals surface area contributed by atoms with Crippen molar-refractivity contribution >= 4 is 17.2 Å². The van der Waals surface area contributed by atoms with Crippen molar-refractivity contribution in [2.75, 3.05) is 11.9 Å². The first-order valence-corrected chi connectivity index (χ1v) is 7.72. The molecule has 4 heteroatoms. The number of aromatic nitrogens is 2. The number of hydrogen-bond acceptors (Lipinski definition) is 3. The predicted molar refractivity (Wildman–Crippen MR) is 83.8 cm³/mol. The van der Waals surface area contributed by atoms with E-state index in [0.717, 1.165) is 30.2 Å². The summed E-state index contributed by atoms with van der Waals surface area (Å²) in [7, 11) is 0. The maximum absolute atomic E-state index is 4.84. The van der Waals surface area contributed by atoms with E-state index in [-0.39, 0.29) is 0 Å². The van der Waals surface area contributed by atoms with Gasteiger partial charge in [-0.3, -0.25) is 0 Å². The second-order valence-corrected chi connectivity index (χ2v) is 5.89. The monoisotopic (exact) mass is 281 g/mol. The fourth-order valence-electron chi connectivity index (χ4n) is 2.68. The molecule has 0 aliphatic carbocycles. The third-order valence-corrected chi connectivity index (χ3v) is 4.41. The second-order valence-electron chi connectivity index (χ2n) is 5.11. The molecule has 3 heterocycles. The van der Waals surface area contributed by atoms with E-state index >= 15 is 0 Å². The van der Waals surface area contributed by atoms with Crippen molar-refractivity contribution in [1.29, 1.82) is 0 Å². The summed E-state index contributed by atoms with van der Waals surface area (Å²) in [6.45, 7) is 3.10. The Morgan fingerprint density at radius 3 is 2.80 bits per heavy atom. The van der Waals surface area contributed by atoms with Gasteiger partial charge in [0.15, 0.2) is 0 Å². The lowest BCUT2D eigenvalue weighted by molar-refractivity contribution is 0.882. The third-order valence-electron chi connectivity index (χ3n) is 3.72. The summed E-state index contributed by atoms with van der Waals surface area (Å²) in [6.07, 6.45) is 1.05. The summed E-state index contributed by atoms with van der Waals surface area (Å²) in [5, 5.41) is 12.6. The molecule has 20 heavy (non-hydrogen) atoms. The Morgan fingerprint density at radius 2 is 2.05 bits per heavy atom. The van der Waals surface area contributed by atoms with Crippen molar-refractivity contribution in [3.8, 4) is 16.9 Å². The van der Waals surface area contributed by atoms with Crippen LogP contribution in [0.2, 0.25) is 0 Å². The van der Waals surface area contributed by atoms with Crippen molar-refractivity contribution in [2.24, 2.45) is 0 Å². The largest absolute Gasteiger partial charge is 0.369 e. The molecule has 0 amide bonds. The van der Waals surface area contributed by atoms with Crippen LogP contribution in [0, 0.1) is 6.92 Å². The molecule has 2 aromatic heterocycles. The minimum atomic E-state index is 0.996. The van der Waals surface area contributed by atoms with E-state index in [9.17, 15) is 0 Å². The van der Waals surface area contributed by atoms with Crippen molar-refractivity contribution in [2.45, 2.75) is 13.3 Å². The molecule has 1 aromatic carbocycles. The van der Waals surface area contributed by atoms with E-state index in [1.54, 1.807) is 11.3 Å². The molecule has 1 N–H and O–H groups in total. The van der Waals surface area contributed by atoms with Crippen LogP contribution in [0.1, 0.15) is 11.1 Å². The van der Waals surface area contributed by atoms with Crippen molar-refractivity contribution in [3.05, 3.63) is 52.2 Å². The van der Waals surface area contributed by atoms with Gasteiger partial charge in [0.2, 0.25) is 0 Å². The standard InChI is InChI=1S/C16H15N3S/c1-11-2-4-13(5-3-11)19-16-14(6-8-17-16)15(18-19)12-7-9-20-10-12/h2-5,7,9-10,17H,6,8H2,1H3. The van der Waals surface area contributed by atoms with E-state index in [1.165, 1.54) is 16.7 Å². The Kier molecular flexibility index (Phi) is 2.63. The smallest absolute Gasteiger partial charge is 0.133 e. The van der Waals surface area contributed by atoms with Crippen LogP contribution in [-0.4, -0.2) is 16.3 Å². The molecule has 100 valence electrons. The average molecular weight is 281 g/mol. The molecule has 0 spiro atoms. The zero-order valence-electron chi connectivity index (χ0n) is 11.3. The Bertz CT molecular complexity index is 739. The number of nitrogens with zero attached hydrogens (tertiary/aromatic N) is 2. The van der Waals surface area contributed by atoms with Gasteiger partial charge in [0, 0.05) is 23.1 Å². The first-order chi connectivity index (χ1) is 9.83. The summed E-state index contributed by atoms with van der Waals surface area (Å²) in [6, 6.07) is 10.6. The summed E-state index contributed by atoms with van der Waals surface area (Å²) in [4.78, 5) is 0. The van der Waals surface area contributed by atoms with Crippen LogP contribution in [0.15, 0.2) is 41.1 Å². The lowest BCUT2D eigenvalue weighted by atomic mass is 10.1. The number of hydrogen-bond donors (Lipinski definition) is 1. The van der Waals surface area contributed by atoms with E-state index < -0.39 is 0 Å². The summed E-state index contributed by atoms with van der Waals surface area (Å²) in [5.41, 5.74) is 6.06. The molecule has 4 rings (SSSR count). The molecule has 1 aliphatic heterocycles. The molecule has 0 saturated carbocycles. The Morgan fingerprint density at radius 1 is 1.20 bits per heavy atom. The fraction of sp³-hybridized carbons (Fsp3) is 0.188. The highest BCUT2D eigenvalue weighted by molar-refractivity contribution is 7.08. The fourth-order valence-corrected chi connectivity index (χ4v) is 3.32. The zero-order valence-corrected chi connectivity index (χ0v) is 12.1. The van der Waals surface area contributed by atoms with Crippen LogP contribution >= 0.6 is 11.3 Å². The summed E-state index contributed by atoms with van der Waals surface area (Å²) >= 11 is 1.72. The van der Waals surface area contributed by atoms with Crippen molar-refractivity contribution in [1.82, 2.24) is 9.78 Å². The van der Waals surface area contributed by atoms with Crippen LogP contribution in [0.25, 0.3) is 16.9 Å². The zero-order chi connectivity index (χ0) is 13.5. The Labute approximate surface area is 121 Å². The highest BCUT2D eigenvalue weighted by atomic mass is 32.1. The van der Waals surface area contributed by atoms with Crippen LogP contribution < -0.4 is 5.32 Å². The highest BCUT2D eigenvalue weighted by Gasteiger charge is 2.23. The number of benzene rings is 1. The van der Waals surface area contributed by atoms with Gasteiger partial charge in [-0.1, -0.05) is 17.7 Å². The van der Waals surface area contributed by atoms with E-state index in [4.69, 9.17) is 5.10 Å². The maximum atomic E-state index is 4.84.